The molecule has 1 saturated heterocycles. The molecule has 0 aliphatic carbocycles. The number of carbonyl (C=O) groups is 2. The first kappa shape index (κ1) is 20.4. The van der Waals surface area contributed by atoms with Gasteiger partial charge in [0.15, 0.2) is 0 Å². The van der Waals surface area contributed by atoms with Gasteiger partial charge in [-0.25, -0.2) is 0 Å². The molecule has 2 aromatic carbocycles. The summed E-state index contributed by atoms with van der Waals surface area (Å²) in [6, 6.07) is 14.0. The van der Waals surface area contributed by atoms with E-state index in [1.165, 1.54) is 0 Å². The Balaban J connectivity index is 1.78. The Hall–Kier alpha value is -2.37. The molecule has 1 heterocycles. The molecule has 2 unspecified atom stereocenters. The highest BCUT2D eigenvalue weighted by Crippen LogP contribution is 2.26. The molecule has 2 aromatic rings. The van der Waals surface area contributed by atoms with E-state index in [1.807, 2.05) is 35.2 Å². The number of nitrogens with one attached hydrogen (secondary N) is 1. The van der Waals surface area contributed by atoms with Gasteiger partial charge in [-0.15, -0.1) is 0 Å². The van der Waals surface area contributed by atoms with Gasteiger partial charge in [0.2, 0.25) is 5.91 Å². The average molecular weight is 400 g/mol. The van der Waals surface area contributed by atoms with Crippen molar-refractivity contribution in [2.24, 2.45) is 11.7 Å². The van der Waals surface area contributed by atoms with Crippen LogP contribution < -0.4 is 11.1 Å². The zero-order chi connectivity index (χ0) is 20.1. The first-order valence-corrected chi connectivity index (χ1v) is 10.1. The lowest BCUT2D eigenvalue weighted by atomic mass is 9.94. The Morgan fingerprint density at radius 1 is 1.07 bits per heavy atom. The van der Waals surface area contributed by atoms with Gasteiger partial charge < -0.3 is 16.0 Å². The fraction of sp³-hybridized carbons (Fsp3) is 0.364. The number of hydrogen-bond donors (Lipinski definition) is 2. The number of hydrogen-bond acceptors (Lipinski definition) is 3. The summed E-state index contributed by atoms with van der Waals surface area (Å²) >= 11 is 6.13. The Morgan fingerprint density at radius 3 is 2.43 bits per heavy atom. The number of nitrogens with two attached hydrogens (primary N) is 1. The monoisotopic (exact) mass is 399 g/mol. The van der Waals surface area contributed by atoms with Gasteiger partial charge in [0.05, 0.1) is 17.2 Å². The lowest BCUT2D eigenvalue weighted by molar-refractivity contribution is -0.120. The van der Waals surface area contributed by atoms with Crippen LogP contribution in [0.1, 0.15) is 48.1 Å². The van der Waals surface area contributed by atoms with Gasteiger partial charge in [-0.2, -0.15) is 0 Å². The summed E-state index contributed by atoms with van der Waals surface area (Å²) in [6.07, 6.45) is 3.15. The van der Waals surface area contributed by atoms with E-state index in [0.717, 1.165) is 37.9 Å². The minimum atomic E-state index is -0.473. The Morgan fingerprint density at radius 2 is 1.75 bits per heavy atom. The van der Waals surface area contributed by atoms with E-state index >= 15 is 0 Å². The highest BCUT2D eigenvalue weighted by molar-refractivity contribution is 6.31. The molecule has 0 radical (unpaired) electrons. The fourth-order valence-corrected chi connectivity index (χ4v) is 3.62. The number of piperidine rings is 1. The van der Waals surface area contributed by atoms with Crippen molar-refractivity contribution in [2.45, 2.75) is 32.2 Å². The van der Waals surface area contributed by atoms with E-state index in [2.05, 4.69) is 5.32 Å². The van der Waals surface area contributed by atoms with Crippen molar-refractivity contribution in [3.05, 3.63) is 64.7 Å². The van der Waals surface area contributed by atoms with E-state index in [0.29, 0.717) is 16.3 Å². The van der Waals surface area contributed by atoms with Crippen LogP contribution in [0.3, 0.4) is 0 Å². The SMILES string of the molecule is CC(C(=O)Nc1cc(Cl)ccc1C(=O)N1CCCCC1)C(N)c1ccccc1. The normalized spacial score (nSPS) is 16.3. The van der Waals surface area contributed by atoms with Crippen LogP contribution in [-0.4, -0.2) is 29.8 Å². The van der Waals surface area contributed by atoms with Crippen LogP contribution in [0.4, 0.5) is 5.69 Å². The van der Waals surface area contributed by atoms with Gasteiger partial charge in [0.25, 0.3) is 5.91 Å². The molecule has 5 nitrogen and oxygen atoms in total. The maximum absolute atomic E-state index is 12.9. The first-order valence-electron chi connectivity index (χ1n) is 9.67. The minimum Gasteiger partial charge on any atom is -0.339 e. The zero-order valence-corrected chi connectivity index (χ0v) is 16.8. The van der Waals surface area contributed by atoms with E-state index < -0.39 is 12.0 Å². The second-order valence-corrected chi connectivity index (χ2v) is 7.69. The van der Waals surface area contributed by atoms with Crippen molar-refractivity contribution in [2.75, 3.05) is 18.4 Å². The lowest BCUT2D eigenvalue weighted by Gasteiger charge is -2.28. The van der Waals surface area contributed by atoms with Gasteiger partial charge in [0.1, 0.15) is 0 Å². The second kappa shape index (κ2) is 9.22. The quantitative estimate of drug-likeness (QED) is 0.789. The standard InChI is InChI=1S/C22H26ClN3O2/c1-15(20(24)16-8-4-2-5-9-16)21(27)25-19-14-17(23)10-11-18(19)22(28)26-12-6-3-7-13-26/h2,4-5,8-11,14-15,20H,3,6-7,12-13,24H2,1H3,(H,25,27). The Kier molecular flexibility index (Phi) is 6.70. The first-order chi connectivity index (χ1) is 13.5. The van der Waals surface area contributed by atoms with Crippen LogP contribution >= 0.6 is 11.6 Å². The van der Waals surface area contributed by atoms with E-state index in [-0.39, 0.29) is 11.8 Å². The molecule has 1 aliphatic rings. The van der Waals surface area contributed by atoms with Crippen LogP contribution in [0.25, 0.3) is 0 Å². The van der Waals surface area contributed by atoms with Crippen molar-refractivity contribution >= 4 is 29.1 Å². The van der Waals surface area contributed by atoms with Crippen molar-refractivity contribution in [1.82, 2.24) is 4.90 Å². The molecule has 0 spiro atoms. The number of amides is 2. The van der Waals surface area contributed by atoms with Crippen molar-refractivity contribution in [3.8, 4) is 0 Å². The highest BCUT2D eigenvalue weighted by Gasteiger charge is 2.25. The number of rotatable bonds is 5. The second-order valence-electron chi connectivity index (χ2n) is 7.26. The molecule has 28 heavy (non-hydrogen) atoms. The summed E-state index contributed by atoms with van der Waals surface area (Å²) in [7, 11) is 0. The van der Waals surface area contributed by atoms with Gasteiger partial charge >= 0.3 is 0 Å². The van der Waals surface area contributed by atoms with E-state index in [9.17, 15) is 9.59 Å². The molecular formula is C22H26ClN3O2. The summed E-state index contributed by atoms with van der Waals surface area (Å²) in [4.78, 5) is 27.6. The van der Waals surface area contributed by atoms with Gasteiger partial charge in [-0.05, 0) is 43.0 Å². The van der Waals surface area contributed by atoms with Crippen LogP contribution in [-0.2, 0) is 4.79 Å². The molecule has 148 valence electrons. The average Bonchev–Trinajstić information content (AvgIpc) is 2.73. The lowest BCUT2D eigenvalue weighted by Crippen LogP contribution is -2.36. The van der Waals surface area contributed by atoms with Gasteiger partial charge in [0, 0.05) is 24.2 Å². The van der Waals surface area contributed by atoms with Crippen molar-refractivity contribution < 1.29 is 9.59 Å². The number of benzene rings is 2. The van der Waals surface area contributed by atoms with E-state index in [1.54, 1.807) is 25.1 Å². The zero-order valence-electron chi connectivity index (χ0n) is 16.0. The number of likely N-dealkylation sites (tertiary alicyclic amines) is 1. The summed E-state index contributed by atoms with van der Waals surface area (Å²) in [5, 5.41) is 3.33. The summed E-state index contributed by atoms with van der Waals surface area (Å²) < 4.78 is 0. The number of nitrogens with zero attached hydrogens (tertiary/aromatic N) is 1. The molecule has 1 fully saturated rings. The number of halogens is 1. The Labute approximate surface area is 170 Å². The Bertz CT molecular complexity index is 835. The van der Waals surface area contributed by atoms with Crippen LogP contribution in [0.5, 0.6) is 0 Å². The molecule has 0 bridgehead atoms. The molecule has 0 saturated carbocycles. The van der Waals surface area contributed by atoms with Crippen LogP contribution in [0.2, 0.25) is 5.02 Å². The smallest absolute Gasteiger partial charge is 0.255 e. The predicted octanol–water partition coefficient (Wildman–Crippen LogP) is 4.24. The maximum atomic E-state index is 12.9. The third kappa shape index (κ3) is 4.72. The minimum absolute atomic E-state index is 0.0772. The third-order valence-corrected chi connectivity index (χ3v) is 5.48. The fourth-order valence-electron chi connectivity index (χ4n) is 3.45. The number of anilines is 1. The van der Waals surface area contributed by atoms with Crippen molar-refractivity contribution in [1.29, 1.82) is 0 Å². The molecule has 6 heteroatoms. The highest BCUT2D eigenvalue weighted by atomic mass is 35.5. The topological polar surface area (TPSA) is 75.4 Å². The number of carbonyl (C=O) groups excluding carboxylic acids is 2. The van der Waals surface area contributed by atoms with Crippen LogP contribution in [0, 0.1) is 5.92 Å². The molecule has 2 amide bonds. The van der Waals surface area contributed by atoms with Gasteiger partial charge in [-0.1, -0.05) is 48.9 Å². The molecular weight excluding hydrogens is 374 g/mol. The van der Waals surface area contributed by atoms with Crippen molar-refractivity contribution in [3.63, 3.8) is 0 Å². The predicted molar refractivity (Wildman–Crippen MR) is 112 cm³/mol. The summed E-state index contributed by atoms with van der Waals surface area (Å²) in [6.45, 7) is 3.26. The summed E-state index contributed by atoms with van der Waals surface area (Å²) in [5.74, 6) is -0.794. The molecule has 0 aromatic heterocycles. The third-order valence-electron chi connectivity index (χ3n) is 5.25. The summed E-state index contributed by atoms with van der Waals surface area (Å²) in [5.41, 5.74) is 8.05. The molecule has 1 aliphatic heterocycles. The van der Waals surface area contributed by atoms with Gasteiger partial charge in [-0.3, -0.25) is 9.59 Å². The molecule has 3 rings (SSSR count). The largest absolute Gasteiger partial charge is 0.339 e. The van der Waals surface area contributed by atoms with E-state index in [4.69, 9.17) is 17.3 Å². The molecule has 2 atom stereocenters. The maximum Gasteiger partial charge on any atom is 0.255 e. The van der Waals surface area contributed by atoms with Crippen LogP contribution in [0.15, 0.2) is 48.5 Å². The molecule has 3 N–H and O–H groups in total.